The summed E-state index contributed by atoms with van der Waals surface area (Å²) in [6, 6.07) is 3.29. The highest BCUT2D eigenvalue weighted by atomic mass is 16.5. The third-order valence-corrected chi connectivity index (χ3v) is 2.98. The number of carbonyl (C=O) groups is 1. The molecule has 21 heavy (non-hydrogen) atoms. The van der Waals surface area contributed by atoms with Gasteiger partial charge in [0.15, 0.2) is 11.5 Å². The molecule has 0 heterocycles. The molecule has 6 nitrogen and oxygen atoms in total. The van der Waals surface area contributed by atoms with Crippen LogP contribution in [0.25, 0.3) is 0 Å². The number of hydrogen-bond acceptors (Lipinski definition) is 6. The van der Waals surface area contributed by atoms with E-state index >= 15 is 0 Å². The summed E-state index contributed by atoms with van der Waals surface area (Å²) < 4.78 is 20.8. The quantitative estimate of drug-likeness (QED) is 0.738. The van der Waals surface area contributed by atoms with Crippen molar-refractivity contribution in [1.29, 1.82) is 0 Å². The lowest BCUT2D eigenvalue weighted by Gasteiger charge is -2.16. The minimum absolute atomic E-state index is 0.273. The van der Waals surface area contributed by atoms with Crippen LogP contribution in [0.5, 0.6) is 17.2 Å². The average molecular weight is 297 g/mol. The number of nitrogens with one attached hydrogen (secondary N) is 1. The minimum Gasteiger partial charge on any atom is -0.493 e. The molecule has 0 aliphatic carbocycles. The highest BCUT2D eigenvalue weighted by molar-refractivity contribution is 5.75. The molecule has 1 atom stereocenters. The van der Waals surface area contributed by atoms with Crippen molar-refractivity contribution in [3.63, 3.8) is 0 Å². The van der Waals surface area contributed by atoms with Crippen LogP contribution in [0.3, 0.4) is 0 Å². The van der Waals surface area contributed by atoms with Crippen LogP contribution in [0.1, 0.15) is 19.4 Å². The summed E-state index contributed by atoms with van der Waals surface area (Å²) in [4.78, 5) is 11.6. The molecule has 0 bridgehead atoms. The van der Waals surface area contributed by atoms with Gasteiger partial charge in [0.1, 0.15) is 6.04 Å². The maximum Gasteiger partial charge on any atom is 0.322 e. The van der Waals surface area contributed by atoms with Gasteiger partial charge in [0.05, 0.1) is 27.9 Å². The van der Waals surface area contributed by atoms with Gasteiger partial charge in [-0.2, -0.15) is 0 Å². The van der Waals surface area contributed by atoms with Gasteiger partial charge < -0.3 is 24.3 Å². The zero-order chi connectivity index (χ0) is 15.8. The van der Waals surface area contributed by atoms with E-state index in [1.807, 2.05) is 12.1 Å². The highest BCUT2D eigenvalue weighted by Gasteiger charge is 2.16. The third kappa shape index (κ3) is 4.53. The topological polar surface area (TPSA) is 66.0 Å². The summed E-state index contributed by atoms with van der Waals surface area (Å²) in [6.45, 7) is 4.39. The van der Waals surface area contributed by atoms with E-state index in [2.05, 4.69) is 5.32 Å². The minimum atomic E-state index is -0.385. The Labute approximate surface area is 125 Å². The Balaban J connectivity index is 2.82. The maximum atomic E-state index is 11.6. The van der Waals surface area contributed by atoms with Crippen LogP contribution in [0.4, 0.5) is 0 Å². The van der Waals surface area contributed by atoms with Crippen molar-refractivity contribution in [2.45, 2.75) is 26.4 Å². The monoisotopic (exact) mass is 297 g/mol. The fraction of sp³-hybridized carbons (Fsp3) is 0.533. The van der Waals surface area contributed by atoms with E-state index < -0.39 is 0 Å². The Bertz CT molecular complexity index is 450. The van der Waals surface area contributed by atoms with Crippen LogP contribution in [0.15, 0.2) is 12.1 Å². The van der Waals surface area contributed by atoms with Crippen LogP contribution in [-0.4, -0.2) is 39.9 Å². The lowest BCUT2D eigenvalue weighted by molar-refractivity contribution is -0.145. The molecule has 0 aliphatic heterocycles. The van der Waals surface area contributed by atoms with Gasteiger partial charge in [-0.25, -0.2) is 0 Å². The molecule has 1 aromatic carbocycles. The van der Waals surface area contributed by atoms with E-state index in [0.717, 1.165) is 5.56 Å². The Kier molecular flexibility index (Phi) is 6.81. The highest BCUT2D eigenvalue weighted by Crippen LogP contribution is 2.38. The Morgan fingerprint density at radius 1 is 1.14 bits per heavy atom. The summed E-state index contributed by atoms with van der Waals surface area (Å²) in [5.74, 6) is 1.43. The Hall–Kier alpha value is -1.95. The summed E-state index contributed by atoms with van der Waals surface area (Å²) >= 11 is 0. The molecule has 0 amide bonds. The normalized spacial score (nSPS) is 11.7. The number of methoxy groups -OCH3 is 3. The molecule has 0 saturated heterocycles. The third-order valence-electron chi connectivity index (χ3n) is 2.98. The van der Waals surface area contributed by atoms with Crippen LogP contribution in [0, 0.1) is 0 Å². The van der Waals surface area contributed by atoms with Gasteiger partial charge in [0.2, 0.25) is 5.75 Å². The first-order chi connectivity index (χ1) is 10.1. The van der Waals surface area contributed by atoms with E-state index in [-0.39, 0.29) is 12.0 Å². The molecule has 0 aromatic heterocycles. The molecular weight excluding hydrogens is 274 g/mol. The zero-order valence-corrected chi connectivity index (χ0v) is 13.2. The second kappa shape index (κ2) is 8.36. The summed E-state index contributed by atoms with van der Waals surface area (Å²) in [5.41, 5.74) is 0.917. The molecule has 0 saturated carbocycles. The maximum absolute atomic E-state index is 11.6. The molecule has 1 unspecified atom stereocenters. The van der Waals surface area contributed by atoms with Crippen LogP contribution < -0.4 is 19.5 Å². The summed E-state index contributed by atoms with van der Waals surface area (Å²) in [6.07, 6.45) is 0. The molecule has 0 radical (unpaired) electrons. The molecule has 6 heteroatoms. The van der Waals surface area contributed by atoms with Crippen LogP contribution >= 0.6 is 0 Å². The first kappa shape index (κ1) is 17.1. The van der Waals surface area contributed by atoms with E-state index in [0.29, 0.717) is 30.4 Å². The van der Waals surface area contributed by atoms with Gasteiger partial charge >= 0.3 is 5.97 Å². The van der Waals surface area contributed by atoms with Gasteiger partial charge in [-0.05, 0) is 31.5 Å². The average Bonchev–Trinajstić information content (AvgIpc) is 2.51. The van der Waals surface area contributed by atoms with Crippen molar-refractivity contribution in [3.8, 4) is 17.2 Å². The molecular formula is C15H23NO5. The second-order valence-electron chi connectivity index (χ2n) is 4.39. The van der Waals surface area contributed by atoms with E-state index in [9.17, 15) is 4.79 Å². The molecule has 0 spiro atoms. The fourth-order valence-electron chi connectivity index (χ4n) is 1.86. The van der Waals surface area contributed by atoms with Gasteiger partial charge in [-0.15, -0.1) is 0 Å². The SMILES string of the molecule is CCOC(=O)C(C)NCc1cc(OC)c(OC)c(OC)c1. The molecule has 1 rings (SSSR count). The predicted molar refractivity (Wildman–Crippen MR) is 79.0 cm³/mol. The molecule has 1 N–H and O–H groups in total. The van der Waals surface area contributed by atoms with E-state index in [1.54, 1.807) is 35.2 Å². The van der Waals surface area contributed by atoms with Gasteiger partial charge in [0.25, 0.3) is 0 Å². The lowest BCUT2D eigenvalue weighted by Crippen LogP contribution is -2.34. The van der Waals surface area contributed by atoms with Crippen LogP contribution in [-0.2, 0) is 16.1 Å². The Morgan fingerprint density at radius 2 is 1.71 bits per heavy atom. The second-order valence-corrected chi connectivity index (χ2v) is 4.39. The number of esters is 1. The van der Waals surface area contributed by atoms with Crippen molar-refractivity contribution < 1.29 is 23.7 Å². The predicted octanol–water partition coefficient (Wildman–Crippen LogP) is 1.75. The fourth-order valence-corrected chi connectivity index (χ4v) is 1.86. The van der Waals surface area contributed by atoms with Gasteiger partial charge in [0, 0.05) is 6.54 Å². The van der Waals surface area contributed by atoms with E-state index in [4.69, 9.17) is 18.9 Å². The molecule has 1 aromatic rings. The van der Waals surface area contributed by atoms with Gasteiger partial charge in [-0.1, -0.05) is 0 Å². The largest absolute Gasteiger partial charge is 0.493 e. The van der Waals surface area contributed by atoms with Crippen molar-refractivity contribution in [1.82, 2.24) is 5.32 Å². The molecule has 0 aliphatic rings. The summed E-state index contributed by atoms with van der Waals surface area (Å²) in [5, 5.41) is 3.10. The smallest absolute Gasteiger partial charge is 0.322 e. The zero-order valence-electron chi connectivity index (χ0n) is 13.2. The standard InChI is InChI=1S/C15H23NO5/c1-6-21-15(17)10(2)16-9-11-7-12(18-3)14(20-5)13(8-11)19-4/h7-8,10,16H,6,9H2,1-5H3. The molecule has 118 valence electrons. The van der Waals surface area contributed by atoms with E-state index in [1.165, 1.54) is 0 Å². The van der Waals surface area contributed by atoms with Gasteiger partial charge in [-0.3, -0.25) is 4.79 Å². The van der Waals surface area contributed by atoms with Crippen molar-refractivity contribution in [2.75, 3.05) is 27.9 Å². The number of benzene rings is 1. The van der Waals surface area contributed by atoms with Crippen molar-refractivity contribution >= 4 is 5.97 Å². The first-order valence-electron chi connectivity index (χ1n) is 6.76. The summed E-state index contributed by atoms with van der Waals surface area (Å²) in [7, 11) is 4.69. The van der Waals surface area contributed by atoms with Crippen molar-refractivity contribution in [3.05, 3.63) is 17.7 Å². The number of carbonyl (C=O) groups excluding carboxylic acids is 1. The number of rotatable bonds is 8. The van der Waals surface area contributed by atoms with Crippen LogP contribution in [0.2, 0.25) is 0 Å². The molecule has 0 fully saturated rings. The number of ether oxygens (including phenoxy) is 4. The number of hydrogen-bond donors (Lipinski definition) is 1. The first-order valence-corrected chi connectivity index (χ1v) is 6.76. The Morgan fingerprint density at radius 3 is 2.14 bits per heavy atom. The van der Waals surface area contributed by atoms with Crippen molar-refractivity contribution in [2.24, 2.45) is 0 Å². The lowest BCUT2D eigenvalue weighted by atomic mass is 10.1.